The van der Waals surface area contributed by atoms with E-state index in [1.807, 2.05) is 0 Å². The highest BCUT2D eigenvalue weighted by molar-refractivity contribution is 7.18. The van der Waals surface area contributed by atoms with E-state index in [-0.39, 0.29) is 0 Å². The van der Waals surface area contributed by atoms with Crippen LogP contribution in [0, 0.1) is 0 Å². The summed E-state index contributed by atoms with van der Waals surface area (Å²) in [5.41, 5.74) is 16.5. The topological polar surface area (TPSA) is 6.48 Å². The molecule has 0 aliphatic heterocycles. The van der Waals surface area contributed by atoms with E-state index in [4.69, 9.17) is 0 Å². The van der Waals surface area contributed by atoms with Crippen molar-refractivity contribution >= 4 is 77.0 Å². The minimum atomic E-state index is 1.11. The van der Waals surface area contributed by atoms with Gasteiger partial charge >= 0.3 is 0 Å². The Morgan fingerprint density at radius 2 is 0.484 bits per heavy atom. The largest absolute Gasteiger partial charge is 0.311 e. The van der Waals surface area contributed by atoms with Gasteiger partial charge in [-0.05, 0) is 129 Å². The molecule has 0 saturated carbocycles. The van der Waals surface area contributed by atoms with Crippen LogP contribution in [0.3, 0.4) is 0 Å². The van der Waals surface area contributed by atoms with Crippen molar-refractivity contribution in [1.82, 2.24) is 0 Å². The number of hydrogen-bond acceptors (Lipinski definition) is 4. The van der Waals surface area contributed by atoms with Crippen LogP contribution in [0.2, 0.25) is 0 Å². The Bertz CT molecular complexity index is 3020. The van der Waals surface area contributed by atoms with E-state index >= 15 is 0 Å². The van der Waals surface area contributed by atoms with Crippen LogP contribution in [0.1, 0.15) is 0 Å². The zero-order chi connectivity index (χ0) is 41.2. The highest BCUT2D eigenvalue weighted by Gasteiger charge is 2.16. The molecule has 294 valence electrons. The lowest BCUT2D eigenvalue weighted by Crippen LogP contribution is -2.09. The third-order valence-corrected chi connectivity index (χ3v) is 13.6. The van der Waals surface area contributed by atoms with Crippen molar-refractivity contribution < 1.29 is 0 Å². The van der Waals surface area contributed by atoms with Crippen molar-refractivity contribution in [3.8, 4) is 44.5 Å². The fourth-order valence-corrected chi connectivity index (χ4v) is 10.4. The molecular weight excluding hydrogens is 789 g/mol. The fraction of sp³-hybridized carbons (Fsp3) is 0. The van der Waals surface area contributed by atoms with Crippen molar-refractivity contribution in [3.63, 3.8) is 0 Å². The predicted octanol–water partition coefficient (Wildman–Crippen LogP) is 17.7. The monoisotopic (exact) mass is 828 g/mol. The maximum absolute atomic E-state index is 2.33. The molecule has 2 aromatic heterocycles. The van der Waals surface area contributed by atoms with Crippen LogP contribution in [0.15, 0.2) is 241 Å². The van der Waals surface area contributed by atoms with Gasteiger partial charge < -0.3 is 9.80 Å². The lowest BCUT2D eigenvalue weighted by Gasteiger charge is -2.26. The molecule has 0 aliphatic rings. The van der Waals surface area contributed by atoms with Gasteiger partial charge in [0, 0.05) is 65.4 Å². The van der Waals surface area contributed by atoms with E-state index in [2.05, 4.69) is 251 Å². The summed E-state index contributed by atoms with van der Waals surface area (Å²) in [6.07, 6.45) is 0. The Kier molecular flexibility index (Phi) is 9.99. The zero-order valence-corrected chi connectivity index (χ0v) is 35.4. The second-order valence-electron chi connectivity index (χ2n) is 15.4. The van der Waals surface area contributed by atoms with Gasteiger partial charge in [0.2, 0.25) is 0 Å². The first kappa shape index (κ1) is 37.5. The quantitative estimate of drug-likeness (QED) is 0.135. The molecule has 0 spiro atoms. The summed E-state index contributed by atoms with van der Waals surface area (Å²) in [6, 6.07) is 83.2. The summed E-state index contributed by atoms with van der Waals surface area (Å²) in [5.74, 6) is 0. The van der Waals surface area contributed by atoms with E-state index in [1.54, 1.807) is 22.7 Å². The van der Waals surface area contributed by atoms with E-state index < -0.39 is 0 Å². The first-order chi connectivity index (χ1) is 30.7. The molecule has 0 amide bonds. The zero-order valence-electron chi connectivity index (χ0n) is 33.8. The summed E-state index contributed by atoms with van der Waals surface area (Å²) in [4.78, 5) is 4.65. The molecule has 9 aromatic carbocycles. The van der Waals surface area contributed by atoms with Gasteiger partial charge in [0.05, 0.1) is 0 Å². The van der Waals surface area contributed by atoms with Crippen LogP contribution >= 0.6 is 22.7 Å². The van der Waals surface area contributed by atoms with Gasteiger partial charge in [-0.25, -0.2) is 0 Å². The Morgan fingerprint density at radius 3 is 0.823 bits per heavy atom. The molecule has 11 aromatic rings. The Morgan fingerprint density at radius 1 is 0.226 bits per heavy atom. The second-order valence-corrected chi connectivity index (χ2v) is 17.2. The molecule has 0 aliphatic carbocycles. The first-order valence-corrected chi connectivity index (χ1v) is 22.6. The normalized spacial score (nSPS) is 11.2. The van der Waals surface area contributed by atoms with Crippen molar-refractivity contribution in [3.05, 3.63) is 241 Å². The SMILES string of the molecule is c1ccc(N(c2ccc(-c3ccc(-c4ccc(N(c5ccccc5)c5ccc(-c6csc7ccccc67)cc5)cc4)cc3)cc2)c2ccc(-c3csc4ccccc34)cc2)cc1. The summed E-state index contributed by atoms with van der Waals surface area (Å²) in [6.45, 7) is 0. The van der Waals surface area contributed by atoms with E-state index in [1.165, 1.54) is 64.7 Å². The molecule has 2 nitrogen and oxygen atoms in total. The maximum atomic E-state index is 2.33. The number of nitrogens with zero attached hydrogens (tertiary/aromatic N) is 2. The third-order valence-electron chi connectivity index (χ3n) is 11.7. The summed E-state index contributed by atoms with van der Waals surface area (Å²) >= 11 is 3.60. The van der Waals surface area contributed by atoms with Crippen LogP contribution in [0.5, 0.6) is 0 Å². The van der Waals surface area contributed by atoms with Crippen LogP contribution < -0.4 is 9.80 Å². The van der Waals surface area contributed by atoms with E-state index in [0.717, 1.165) is 34.1 Å². The maximum Gasteiger partial charge on any atom is 0.0462 e. The second kappa shape index (κ2) is 16.5. The van der Waals surface area contributed by atoms with E-state index in [0.29, 0.717) is 0 Å². The average Bonchev–Trinajstić information content (AvgIpc) is 3.99. The standard InChI is InChI=1S/C58H40N2S2/c1-3-11-47(12-4-1)59(51-35-27-45(28-36-51)55-39-61-57-17-9-7-15-53(55)57)49-31-23-43(24-32-49)41-19-21-42(22-20-41)44-25-33-50(34-26-44)60(48-13-5-2-6-14-48)52-37-29-46(30-38-52)56-40-62-58-18-10-8-16-54(56)58/h1-40H. The molecular formula is C58H40N2S2. The molecule has 0 N–H and O–H groups in total. The summed E-state index contributed by atoms with van der Waals surface area (Å²) in [7, 11) is 0. The molecule has 4 heteroatoms. The highest BCUT2D eigenvalue weighted by atomic mass is 32.1. The van der Waals surface area contributed by atoms with Crippen molar-refractivity contribution in [2.24, 2.45) is 0 Å². The van der Waals surface area contributed by atoms with Gasteiger partial charge in [0.25, 0.3) is 0 Å². The van der Waals surface area contributed by atoms with Crippen molar-refractivity contribution in [1.29, 1.82) is 0 Å². The smallest absolute Gasteiger partial charge is 0.0462 e. The van der Waals surface area contributed by atoms with Crippen LogP contribution in [0.25, 0.3) is 64.7 Å². The molecule has 0 atom stereocenters. The minimum absolute atomic E-state index is 1.11. The molecule has 2 heterocycles. The van der Waals surface area contributed by atoms with Gasteiger partial charge in [-0.1, -0.05) is 146 Å². The molecule has 0 unspecified atom stereocenters. The lowest BCUT2D eigenvalue weighted by molar-refractivity contribution is 1.28. The van der Waals surface area contributed by atoms with Gasteiger partial charge in [0.15, 0.2) is 0 Å². The van der Waals surface area contributed by atoms with Crippen LogP contribution in [-0.4, -0.2) is 0 Å². The number of fused-ring (bicyclic) bond motifs is 2. The number of hydrogen-bond donors (Lipinski definition) is 0. The molecule has 0 bridgehead atoms. The molecule has 11 rings (SSSR count). The molecule has 0 fully saturated rings. The number of anilines is 6. The van der Waals surface area contributed by atoms with E-state index in [9.17, 15) is 0 Å². The van der Waals surface area contributed by atoms with Crippen LogP contribution in [-0.2, 0) is 0 Å². The van der Waals surface area contributed by atoms with Crippen molar-refractivity contribution in [2.75, 3.05) is 9.80 Å². The van der Waals surface area contributed by atoms with Gasteiger partial charge in [0.1, 0.15) is 0 Å². The molecule has 0 saturated heterocycles. The van der Waals surface area contributed by atoms with Gasteiger partial charge in [-0.15, -0.1) is 22.7 Å². The van der Waals surface area contributed by atoms with Gasteiger partial charge in [-0.3, -0.25) is 0 Å². The fourth-order valence-electron chi connectivity index (χ4n) is 8.49. The summed E-state index contributed by atoms with van der Waals surface area (Å²) in [5, 5.41) is 7.15. The van der Waals surface area contributed by atoms with Crippen molar-refractivity contribution in [2.45, 2.75) is 0 Å². The average molecular weight is 829 g/mol. The highest BCUT2D eigenvalue weighted by Crippen LogP contribution is 2.41. The third kappa shape index (κ3) is 7.26. The Balaban J connectivity index is 0.831. The Labute approximate surface area is 370 Å². The number of benzene rings is 9. The number of para-hydroxylation sites is 2. The predicted molar refractivity (Wildman–Crippen MR) is 268 cm³/mol. The molecule has 62 heavy (non-hydrogen) atoms. The molecule has 0 radical (unpaired) electrons. The Hall–Kier alpha value is -7.50. The van der Waals surface area contributed by atoms with Gasteiger partial charge in [-0.2, -0.15) is 0 Å². The number of rotatable bonds is 10. The number of thiophene rings is 2. The van der Waals surface area contributed by atoms with Crippen LogP contribution in [0.4, 0.5) is 34.1 Å². The first-order valence-electron chi connectivity index (χ1n) is 20.9. The minimum Gasteiger partial charge on any atom is -0.311 e. The summed E-state index contributed by atoms with van der Waals surface area (Å²) < 4.78 is 2.63. The lowest BCUT2D eigenvalue weighted by atomic mass is 9.99.